The van der Waals surface area contributed by atoms with Crippen LogP contribution in [0, 0.1) is 0 Å². The zero-order chi connectivity index (χ0) is 4.28. The fourth-order valence-corrected chi connectivity index (χ4v) is 0. The first kappa shape index (κ1) is 6.39. The second kappa shape index (κ2) is 3.58. The van der Waals surface area contributed by atoms with Crippen LogP contribution in [0.1, 0.15) is 0 Å². The number of hydrogen-bond acceptors (Lipinski definition) is 2. The summed E-state index contributed by atoms with van der Waals surface area (Å²) in [7, 11) is 0. The molecule has 0 N–H and O–H groups in total. The molecule has 0 aromatic heterocycles. The summed E-state index contributed by atoms with van der Waals surface area (Å²) in [5, 5.41) is 0. The van der Waals surface area contributed by atoms with E-state index in [0.29, 0.717) is 0 Å². The Morgan fingerprint density at radius 1 is 1.80 bits per heavy atom. The molecule has 0 aromatic rings. The highest BCUT2D eigenvalue weighted by atomic mass is 127. The van der Waals surface area contributed by atoms with Gasteiger partial charge in [0.15, 0.2) is 0 Å². The van der Waals surface area contributed by atoms with Crippen molar-refractivity contribution in [2.24, 2.45) is 0 Å². The van der Waals surface area contributed by atoms with E-state index in [2.05, 4.69) is 44.6 Å². The lowest BCUT2D eigenvalue weighted by atomic mass is 11.9. The van der Waals surface area contributed by atoms with E-state index in [1.54, 1.807) is 4.70 Å². The lowest BCUT2D eigenvalue weighted by Gasteiger charge is -1.65. The van der Waals surface area contributed by atoms with Crippen LogP contribution in [-0.4, -0.2) is 4.70 Å². The summed E-state index contributed by atoms with van der Waals surface area (Å²) in [6, 6.07) is 0. The van der Waals surface area contributed by atoms with E-state index in [-0.39, 0.29) is 6.63 Å². The summed E-state index contributed by atoms with van der Waals surface area (Å²) in [5.41, 5.74) is 0. The third-order valence-corrected chi connectivity index (χ3v) is 3.26. The van der Waals surface area contributed by atoms with Crippen LogP contribution in [0.3, 0.4) is 0 Å². The molecule has 0 fully saturated rings. The highest BCUT2D eigenvalue weighted by molar-refractivity contribution is 14.2. The van der Waals surface area contributed by atoms with Gasteiger partial charge in [-0.15, -0.1) is 0 Å². The minimum absolute atomic E-state index is 0.0794. The average Bonchev–Trinajstić information content (AvgIpc) is 1.38. The van der Waals surface area contributed by atoms with E-state index >= 15 is 0 Å². The lowest BCUT2D eigenvalue weighted by Crippen LogP contribution is -1.61. The molecular formula is CHIS3. The van der Waals surface area contributed by atoms with Crippen LogP contribution in [-0.2, 0) is 17.8 Å². The monoisotopic (exact) mass is 236 g/mol. The Labute approximate surface area is 55.5 Å². The van der Waals surface area contributed by atoms with Gasteiger partial charge in [-0.3, -0.25) is 0 Å². The first-order valence-electron chi connectivity index (χ1n) is 0.792. The van der Waals surface area contributed by atoms with Gasteiger partial charge in [0.1, 0.15) is 0 Å². The topological polar surface area (TPSA) is 0 Å². The predicted molar refractivity (Wildman–Crippen MR) is 42.4 cm³/mol. The van der Waals surface area contributed by atoms with Crippen molar-refractivity contribution in [3.8, 4) is 0 Å². The summed E-state index contributed by atoms with van der Waals surface area (Å²) < 4.78 is 1.58. The summed E-state index contributed by atoms with van der Waals surface area (Å²) in [5.74, 6) is 0. The van der Waals surface area contributed by atoms with E-state index in [4.69, 9.17) is 0 Å². The van der Waals surface area contributed by atoms with E-state index in [1.165, 1.54) is 0 Å². The van der Waals surface area contributed by atoms with Crippen molar-refractivity contribution in [3.05, 3.63) is 0 Å². The van der Waals surface area contributed by atoms with E-state index in [0.717, 1.165) is 0 Å². The molecule has 0 rings (SSSR count). The van der Waals surface area contributed by atoms with Crippen LogP contribution in [0.5, 0.6) is 0 Å². The minimum atomic E-state index is -0.0794. The van der Waals surface area contributed by atoms with Crippen LogP contribution in [0.25, 0.3) is 0 Å². The van der Waals surface area contributed by atoms with Gasteiger partial charge < -0.3 is 0 Å². The van der Waals surface area contributed by atoms with Crippen molar-refractivity contribution >= 4 is 55.9 Å². The highest BCUT2D eigenvalue weighted by Crippen LogP contribution is 1.87. The van der Waals surface area contributed by atoms with Gasteiger partial charge in [-0.1, -0.05) is 12.2 Å². The molecule has 4 heteroatoms. The molecule has 30 valence electrons. The normalized spacial score (nSPS) is 13.8. The summed E-state index contributed by atoms with van der Waals surface area (Å²) in [4.78, 5) is 0. The smallest absolute Gasteiger partial charge is 0.0487 e. The molecule has 1 atom stereocenters. The van der Waals surface area contributed by atoms with Crippen molar-refractivity contribution in [3.63, 3.8) is 0 Å². The van der Waals surface area contributed by atoms with Crippen molar-refractivity contribution in [1.82, 2.24) is 0 Å². The van der Waals surface area contributed by atoms with Gasteiger partial charge in [0.25, 0.3) is 0 Å². The van der Waals surface area contributed by atoms with Gasteiger partial charge in [-0.2, -0.15) is 0 Å². The van der Waals surface area contributed by atoms with Crippen molar-refractivity contribution < 1.29 is 0 Å². The molecule has 0 aliphatic rings. The van der Waals surface area contributed by atoms with Crippen molar-refractivity contribution in [1.29, 1.82) is 0 Å². The second-order valence-corrected chi connectivity index (χ2v) is 7.33. The first-order valence-corrected chi connectivity index (χ1v) is 6.02. The van der Waals surface area contributed by atoms with Gasteiger partial charge in [-0.05, 0) is 17.8 Å². The molecule has 0 aliphatic heterocycles. The van der Waals surface area contributed by atoms with Crippen molar-refractivity contribution in [2.75, 3.05) is 0 Å². The third kappa shape index (κ3) is 5.39. The molecule has 0 saturated heterocycles. The molecule has 0 radical (unpaired) electrons. The zero-order valence-corrected chi connectivity index (χ0v) is 6.79. The van der Waals surface area contributed by atoms with Gasteiger partial charge in [-0.25, -0.2) is 0 Å². The Morgan fingerprint density at radius 3 is 2.00 bits per heavy atom. The van der Waals surface area contributed by atoms with Gasteiger partial charge in [0.2, 0.25) is 0 Å². The van der Waals surface area contributed by atoms with E-state index in [9.17, 15) is 0 Å². The standard InChI is InChI=1S/CHIS3/c2-5(4)1-3/h1H. The van der Waals surface area contributed by atoms with Crippen LogP contribution in [0.4, 0.5) is 0 Å². The van der Waals surface area contributed by atoms with Crippen LogP contribution in [0.2, 0.25) is 0 Å². The Kier molecular flexibility index (Phi) is 4.57. The number of thiocarbonyl (C=S) groups is 1. The number of halogens is 1. The maximum absolute atomic E-state index is 4.63. The van der Waals surface area contributed by atoms with E-state index < -0.39 is 0 Å². The summed E-state index contributed by atoms with van der Waals surface area (Å²) in [6.07, 6.45) is 0. The molecule has 0 aromatic carbocycles. The number of hydrogen-bond donors (Lipinski definition) is 0. The fraction of sp³-hybridized carbons (Fsp3) is 0. The molecular weight excluding hydrogens is 235 g/mol. The van der Waals surface area contributed by atoms with Crippen LogP contribution >= 0.6 is 33.4 Å². The first-order chi connectivity index (χ1) is 2.27. The Morgan fingerprint density at radius 2 is 2.00 bits per heavy atom. The largest absolute Gasteiger partial charge is 0.0801 e. The number of rotatable bonds is 1. The SMILES string of the molecule is S=CS(=S)I. The highest BCUT2D eigenvalue weighted by Gasteiger charge is 1.65. The van der Waals surface area contributed by atoms with E-state index in [1.807, 2.05) is 0 Å². The second-order valence-electron chi connectivity index (χ2n) is 0.345. The Balaban J connectivity index is 3.20. The Bertz CT molecular complexity index is 57.9. The zero-order valence-electron chi connectivity index (χ0n) is 2.18. The summed E-state index contributed by atoms with van der Waals surface area (Å²) >= 11 is 11.2. The predicted octanol–water partition coefficient (Wildman–Crippen LogP) is 1.37. The molecule has 0 saturated carbocycles. The molecule has 0 bridgehead atoms. The minimum Gasteiger partial charge on any atom is -0.0801 e. The summed E-state index contributed by atoms with van der Waals surface area (Å²) in [6.45, 7) is -0.0794. The van der Waals surface area contributed by atoms with Crippen LogP contribution < -0.4 is 0 Å². The third-order valence-electron chi connectivity index (χ3n) is 0.0757. The molecule has 0 heterocycles. The van der Waals surface area contributed by atoms with Gasteiger partial charge in [0.05, 0.1) is 0 Å². The van der Waals surface area contributed by atoms with Gasteiger partial charge >= 0.3 is 0 Å². The molecule has 1 unspecified atom stereocenters. The molecule has 5 heavy (non-hydrogen) atoms. The lowest BCUT2D eigenvalue weighted by molar-refractivity contribution is 4.47. The molecule has 0 amide bonds. The maximum atomic E-state index is 4.63. The average molecular weight is 236 g/mol. The molecule has 0 aliphatic carbocycles. The maximum Gasteiger partial charge on any atom is 0.0487 e. The molecule has 0 spiro atoms. The Hall–Kier alpha value is 1.39. The quantitative estimate of drug-likeness (QED) is 0.383. The van der Waals surface area contributed by atoms with Crippen LogP contribution in [0.15, 0.2) is 0 Å². The fourth-order valence-electron chi connectivity index (χ4n) is 0. The van der Waals surface area contributed by atoms with Crippen molar-refractivity contribution in [2.45, 2.75) is 0 Å². The van der Waals surface area contributed by atoms with Gasteiger partial charge in [0, 0.05) is 25.9 Å². The molecule has 0 nitrogen and oxygen atoms in total.